The lowest BCUT2D eigenvalue weighted by Crippen LogP contribution is -1.83. The van der Waals surface area contributed by atoms with E-state index < -0.39 is 0 Å². The van der Waals surface area contributed by atoms with Crippen LogP contribution in [0.2, 0.25) is 0 Å². The molecular weight excluding hydrogens is 222 g/mol. The Labute approximate surface area is 77.5 Å². The van der Waals surface area contributed by atoms with Crippen LogP contribution in [0, 0.1) is 0 Å². The van der Waals surface area contributed by atoms with Gasteiger partial charge < -0.3 is 9.15 Å². The van der Waals surface area contributed by atoms with E-state index in [1.54, 1.807) is 7.11 Å². The summed E-state index contributed by atoms with van der Waals surface area (Å²) in [5.74, 6) is 0.761. The Morgan fingerprint density at radius 2 is 2.33 bits per heavy atom. The number of benzene rings is 1. The van der Waals surface area contributed by atoms with Crippen molar-refractivity contribution in [3.63, 3.8) is 0 Å². The zero-order chi connectivity index (χ0) is 8.55. The Balaban J connectivity index is 2.73. The molecule has 0 bridgehead atoms. The summed E-state index contributed by atoms with van der Waals surface area (Å²) in [4.78, 5) is 4.00. The van der Waals surface area contributed by atoms with Crippen LogP contribution in [-0.2, 0) is 0 Å². The largest absolute Gasteiger partial charge is 0.495 e. The molecule has 4 heteroatoms. The molecule has 1 aromatic carbocycles. The monoisotopic (exact) mass is 227 g/mol. The fourth-order valence-electron chi connectivity index (χ4n) is 1.02. The number of ether oxygens (including phenoxy) is 1. The number of hydrogen-bond donors (Lipinski definition) is 0. The van der Waals surface area contributed by atoms with Crippen molar-refractivity contribution >= 4 is 27.0 Å². The summed E-state index contributed by atoms with van der Waals surface area (Å²) in [5, 5.41) is 0. The molecule has 2 rings (SSSR count). The van der Waals surface area contributed by atoms with Gasteiger partial charge in [-0.3, -0.25) is 0 Å². The second-order valence-corrected chi connectivity index (χ2v) is 3.16. The summed E-state index contributed by atoms with van der Waals surface area (Å²) in [6, 6.07) is 3.66. The maximum atomic E-state index is 5.10. The van der Waals surface area contributed by atoms with Crippen molar-refractivity contribution < 1.29 is 9.15 Å². The van der Waals surface area contributed by atoms with Crippen molar-refractivity contribution in [2.45, 2.75) is 0 Å². The van der Waals surface area contributed by atoms with E-state index in [1.165, 1.54) is 6.39 Å². The lowest BCUT2D eigenvalue weighted by atomic mass is 10.3. The van der Waals surface area contributed by atoms with Crippen LogP contribution in [0.15, 0.2) is 27.4 Å². The molecule has 2 aromatic rings. The summed E-state index contributed by atoms with van der Waals surface area (Å²) in [6.45, 7) is 0. The van der Waals surface area contributed by atoms with Gasteiger partial charge in [-0.05, 0) is 15.9 Å². The molecule has 0 radical (unpaired) electrons. The average molecular weight is 228 g/mol. The normalized spacial score (nSPS) is 10.5. The molecule has 0 aliphatic heterocycles. The second-order valence-electron chi connectivity index (χ2n) is 2.31. The lowest BCUT2D eigenvalue weighted by Gasteiger charge is -2.00. The van der Waals surface area contributed by atoms with Gasteiger partial charge in [-0.15, -0.1) is 0 Å². The van der Waals surface area contributed by atoms with Crippen LogP contribution in [0.4, 0.5) is 0 Å². The van der Waals surface area contributed by atoms with Crippen molar-refractivity contribution in [2.75, 3.05) is 7.11 Å². The number of nitrogens with zero attached hydrogens (tertiary/aromatic N) is 1. The van der Waals surface area contributed by atoms with Gasteiger partial charge in [0.1, 0.15) is 11.3 Å². The average Bonchev–Trinajstić information content (AvgIpc) is 2.49. The third-order valence-electron chi connectivity index (χ3n) is 1.60. The molecule has 0 unspecified atom stereocenters. The van der Waals surface area contributed by atoms with E-state index in [0.717, 1.165) is 21.3 Å². The SMILES string of the molecule is COc1cc2ncoc2cc1Br. The van der Waals surface area contributed by atoms with Crippen molar-refractivity contribution in [3.05, 3.63) is 23.0 Å². The highest BCUT2D eigenvalue weighted by atomic mass is 79.9. The number of fused-ring (bicyclic) bond motifs is 1. The Kier molecular flexibility index (Phi) is 1.77. The van der Waals surface area contributed by atoms with Gasteiger partial charge in [0.05, 0.1) is 11.6 Å². The first-order valence-corrected chi connectivity index (χ1v) is 4.17. The molecule has 0 aliphatic rings. The number of hydrogen-bond acceptors (Lipinski definition) is 3. The van der Waals surface area contributed by atoms with Gasteiger partial charge in [-0.1, -0.05) is 0 Å². The summed E-state index contributed by atoms with van der Waals surface area (Å²) in [7, 11) is 1.62. The highest BCUT2D eigenvalue weighted by Gasteiger charge is 2.04. The topological polar surface area (TPSA) is 35.3 Å². The third kappa shape index (κ3) is 1.08. The summed E-state index contributed by atoms with van der Waals surface area (Å²) < 4.78 is 11.1. The van der Waals surface area contributed by atoms with Crippen LogP contribution >= 0.6 is 15.9 Å². The molecular formula is C8H6BrNO2. The van der Waals surface area contributed by atoms with E-state index >= 15 is 0 Å². The van der Waals surface area contributed by atoms with E-state index in [4.69, 9.17) is 9.15 Å². The van der Waals surface area contributed by atoms with Gasteiger partial charge in [0, 0.05) is 12.1 Å². The van der Waals surface area contributed by atoms with Gasteiger partial charge in [0.15, 0.2) is 12.0 Å². The molecule has 0 atom stereocenters. The van der Waals surface area contributed by atoms with E-state index in [-0.39, 0.29) is 0 Å². The van der Waals surface area contributed by atoms with Crippen LogP contribution in [0.5, 0.6) is 5.75 Å². The first-order chi connectivity index (χ1) is 5.81. The highest BCUT2D eigenvalue weighted by molar-refractivity contribution is 9.10. The van der Waals surface area contributed by atoms with E-state index in [2.05, 4.69) is 20.9 Å². The molecule has 0 saturated heterocycles. The Hall–Kier alpha value is -1.03. The van der Waals surface area contributed by atoms with E-state index in [1.807, 2.05) is 12.1 Å². The fourth-order valence-corrected chi connectivity index (χ4v) is 1.50. The molecule has 1 aromatic heterocycles. The Bertz CT molecular complexity index is 410. The van der Waals surface area contributed by atoms with Crippen LogP contribution in [0.25, 0.3) is 11.1 Å². The number of halogens is 1. The predicted molar refractivity (Wildman–Crippen MR) is 48.3 cm³/mol. The standard InChI is InChI=1S/C8H6BrNO2/c1-11-7-3-6-8(2-5(7)9)12-4-10-6/h2-4H,1H3. The van der Waals surface area contributed by atoms with Gasteiger partial charge in [-0.25, -0.2) is 4.98 Å². The zero-order valence-corrected chi connectivity index (χ0v) is 7.96. The number of aromatic nitrogens is 1. The summed E-state index contributed by atoms with van der Waals surface area (Å²) in [5.41, 5.74) is 1.55. The minimum atomic E-state index is 0.752. The van der Waals surface area contributed by atoms with Crippen LogP contribution in [-0.4, -0.2) is 12.1 Å². The van der Waals surface area contributed by atoms with Crippen molar-refractivity contribution in [2.24, 2.45) is 0 Å². The highest BCUT2D eigenvalue weighted by Crippen LogP contribution is 2.29. The molecule has 0 aliphatic carbocycles. The molecule has 0 saturated carbocycles. The van der Waals surface area contributed by atoms with Gasteiger partial charge in [0.2, 0.25) is 0 Å². The maximum absolute atomic E-state index is 5.10. The molecule has 12 heavy (non-hydrogen) atoms. The lowest BCUT2D eigenvalue weighted by molar-refractivity contribution is 0.412. The smallest absolute Gasteiger partial charge is 0.181 e. The van der Waals surface area contributed by atoms with Crippen LogP contribution in [0.1, 0.15) is 0 Å². The van der Waals surface area contributed by atoms with Crippen molar-refractivity contribution in [1.82, 2.24) is 4.98 Å². The molecule has 0 fully saturated rings. The predicted octanol–water partition coefficient (Wildman–Crippen LogP) is 2.60. The molecule has 62 valence electrons. The van der Waals surface area contributed by atoms with E-state index in [9.17, 15) is 0 Å². The van der Waals surface area contributed by atoms with E-state index in [0.29, 0.717) is 0 Å². The molecule has 3 nitrogen and oxygen atoms in total. The van der Waals surface area contributed by atoms with Gasteiger partial charge >= 0.3 is 0 Å². The fraction of sp³-hybridized carbons (Fsp3) is 0.125. The minimum absolute atomic E-state index is 0.752. The quantitative estimate of drug-likeness (QED) is 0.752. The molecule has 1 heterocycles. The van der Waals surface area contributed by atoms with Crippen molar-refractivity contribution in [3.8, 4) is 5.75 Å². The number of oxazole rings is 1. The van der Waals surface area contributed by atoms with Crippen LogP contribution < -0.4 is 4.74 Å². The molecule has 0 spiro atoms. The van der Waals surface area contributed by atoms with Crippen LogP contribution in [0.3, 0.4) is 0 Å². The van der Waals surface area contributed by atoms with Gasteiger partial charge in [-0.2, -0.15) is 0 Å². The second kappa shape index (κ2) is 2.79. The number of rotatable bonds is 1. The third-order valence-corrected chi connectivity index (χ3v) is 2.22. The summed E-state index contributed by atoms with van der Waals surface area (Å²) >= 11 is 3.35. The minimum Gasteiger partial charge on any atom is -0.495 e. The first-order valence-electron chi connectivity index (χ1n) is 3.38. The maximum Gasteiger partial charge on any atom is 0.181 e. The molecule has 0 amide bonds. The number of methoxy groups -OCH3 is 1. The molecule has 0 N–H and O–H groups in total. The first kappa shape index (κ1) is 7.61. The Morgan fingerprint density at radius 3 is 3.08 bits per heavy atom. The van der Waals surface area contributed by atoms with Gasteiger partial charge in [0.25, 0.3) is 0 Å². The summed E-state index contributed by atoms with van der Waals surface area (Å²) in [6.07, 6.45) is 1.41. The van der Waals surface area contributed by atoms with Crippen molar-refractivity contribution in [1.29, 1.82) is 0 Å². The zero-order valence-electron chi connectivity index (χ0n) is 6.37. The Morgan fingerprint density at radius 1 is 1.50 bits per heavy atom.